The lowest BCUT2D eigenvalue weighted by atomic mass is 9.82. The molecule has 6 heteroatoms. The third-order valence-electron chi connectivity index (χ3n) is 4.91. The maximum Gasteiger partial charge on any atom is 0.168 e. The van der Waals surface area contributed by atoms with E-state index in [1.165, 1.54) is 11.6 Å². The summed E-state index contributed by atoms with van der Waals surface area (Å²) < 4.78 is 19.3. The average molecular weight is 339 g/mol. The molecule has 1 aromatic heterocycles. The SMILES string of the molecule is C[Si](C)(C)CCOCn1cc(C2CCC3(CC2)OCCO3)cn1. The summed E-state index contributed by atoms with van der Waals surface area (Å²) in [5.74, 6) is 0.302. The van der Waals surface area contributed by atoms with Gasteiger partial charge < -0.3 is 14.2 Å². The predicted molar refractivity (Wildman–Crippen MR) is 92.2 cm³/mol. The second-order valence-corrected chi connectivity index (χ2v) is 13.7. The Bertz CT molecular complexity index is 496. The summed E-state index contributed by atoms with van der Waals surface area (Å²) in [5.41, 5.74) is 1.33. The van der Waals surface area contributed by atoms with Crippen LogP contribution >= 0.6 is 0 Å². The molecule has 1 spiro atoms. The molecule has 23 heavy (non-hydrogen) atoms. The highest BCUT2D eigenvalue weighted by atomic mass is 28.3. The Kier molecular flexibility index (Phi) is 5.25. The third-order valence-corrected chi connectivity index (χ3v) is 6.61. The molecule has 1 aromatic rings. The van der Waals surface area contributed by atoms with Crippen molar-refractivity contribution in [1.82, 2.24) is 9.78 Å². The van der Waals surface area contributed by atoms with E-state index in [9.17, 15) is 0 Å². The van der Waals surface area contributed by atoms with Gasteiger partial charge >= 0.3 is 0 Å². The highest BCUT2D eigenvalue weighted by molar-refractivity contribution is 6.76. The minimum absolute atomic E-state index is 0.271. The quantitative estimate of drug-likeness (QED) is 0.587. The first kappa shape index (κ1) is 17.1. The predicted octanol–water partition coefficient (Wildman–Crippen LogP) is 3.60. The molecule has 2 fully saturated rings. The van der Waals surface area contributed by atoms with Crippen LogP contribution in [0.1, 0.15) is 37.2 Å². The van der Waals surface area contributed by atoms with Crippen molar-refractivity contribution >= 4 is 8.07 Å². The molecule has 2 aliphatic rings. The summed E-state index contributed by atoms with van der Waals surface area (Å²) in [6, 6.07) is 1.20. The molecule has 0 aromatic carbocycles. The summed E-state index contributed by atoms with van der Waals surface area (Å²) in [6.45, 7) is 10.0. The Balaban J connectivity index is 1.44. The van der Waals surface area contributed by atoms with Crippen LogP contribution in [0.4, 0.5) is 0 Å². The van der Waals surface area contributed by atoms with Gasteiger partial charge in [0.25, 0.3) is 0 Å². The van der Waals surface area contributed by atoms with Gasteiger partial charge in [-0.05, 0) is 30.4 Å². The van der Waals surface area contributed by atoms with Crippen LogP contribution in [0.3, 0.4) is 0 Å². The van der Waals surface area contributed by atoms with Crippen LogP contribution in [0.2, 0.25) is 25.7 Å². The summed E-state index contributed by atoms with van der Waals surface area (Å²) in [7, 11) is -1.01. The normalized spacial score (nSPS) is 22.0. The number of aromatic nitrogens is 2. The van der Waals surface area contributed by atoms with Gasteiger partial charge in [-0.15, -0.1) is 0 Å². The zero-order chi connectivity index (χ0) is 16.3. The van der Waals surface area contributed by atoms with Gasteiger partial charge in [-0.1, -0.05) is 19.6 Å². The van der Waals surface area contributed by atoms with Crippen molar-refractivity contribution in [1.29, 1.82) is 0 Å². The molecule has 130 valence electrons. The van der Waals surface area contributed by atoms with E-state index in [-0.39, 0.29) is 5.79 Å². The Hall–Kier alpha value is -0.693. The molecule has 1 saturated carbocycles. The first-order chi connectivity index (χ1) is 11.0. The molecule has 1 aliphatic carbocycles. The van der Waals surface area contributed by atoms with Crippen molar-refractivity contribution in [2.45, 2.75) is 69.8 Å². The molecule has 0 radical (unpaired) electrons. The van der Waals surface area contributed by atoms with E-state index in [1.807, 2.05) is 10.9 Å². The number of ether oxygens (including phenoxy) is 3. The molecular weight excluding hydrogens is 308 g/mol. The van der Waals surface area contributed by atoms with Gasteiger partial charge in [-0.2, -0.15) is 5.10 Å². The van der Waals surface area contributed by atoms with Crippen molar-refractivity contribution in [3.63, 3.8) is 0 Å². The summed E-state index contributed by atoms with van der Waals surface area (Å²) in [6.07, 6.45) is 8.36. The Morgan fingerprint density at radius 3 is 2.61 bits per heavy atom. The average Bonchev–Trinajstić information content (AvgIpc) is 3.14. The van der Waals surface area contributed by atoms with Crippen molar-refractivity contribution in [2.24, 2.45) is 0 Å². The van der Waals surface area contributed by atoms with Crippen LogP contribution in [0, 0.1) is 0 Å². The molecule has 0 N–H and O–H groups in total. The van der Waals surface area contributed by atoms with E-state index in [2.05, 4.69) is 30.9 Å². The van der Waals surface area contributed by atoms with Gasteiger partial charge in [0.1, 0.15) is 6.73 Å². The van der Waals surface area contributed by atoms with Crippen molar-refractivity contribution in [2.75, 3.05) is 19.8 Å². The Morgan fingerprint density at radius 1 is 1.26 bits per heavy atom. The van der Waals surface area contributed by atoms with Crippen LogP contribution in [0.15, 0.2) is 12.4 Å². The zero-order valence-corrected chi connectivity index (χ0v) is 15.7. The number of rotatable bonds is 6. The van der Waals surface area contributed by atoms with Crippen LogP contribution in [-0.2, 0) is 20.9 Å². The summed E-state index contributed by atoms with van der Waals surface area (Å²) >= 11 is 0. The van der Waals surface area contributed by atoms with Crippen molar-refractivity contribution < 1.29 is 14.2 Å². The van der Waals surface area contributed by atoms with Crippen LogP contribution in [0.5, 0.6) is 0 Å². The van der Waals surface area contributed by atoms with E-state index in [4.69, 9.17) is 14.2 Å². The molecule has 0 atom stereocenters. The van der Waals surface area contributed by atoms with Crippen LogP contribution in [-0.4, -0.2) is 43.5 Å². The van der Waals surface area contributed by atoms with Gasteiger partial charge in [-0.3, -0.25) is 0 Å². The fraction of sp³-hybridized carbons (Fsp3) is 0.824. The number of hydrogen-bond acceptors (Lipinski definition) is 4. The fourth-order valence-electron chi connectivity index (χ4n) is 3.37. The van der Waals surface area contributed by atoms with E-state index < -0.39 is 8.07 Å². The third kappa shape index (κ3) is 4.65. The molecular formula is C17H30N2O3Si. The van der Waals surface area contributed by atoms with Crippen LogP contribution in [0.25, 0.3) is 0 Å². The first-order valence-electron chi connectivity index (χ1n) is 8.84. The number of hydrogen-bond donors (Lipinski definition) is 0. The van der Waals surface area contributed by atoms with E-state index in [0.29, 0.717) is 12.6 Å². The minimum Gasteiger partial charge on any atom is -0.360 e. The molecule has 1 saturated heterocycles. The zero-order valence-electron chi connectivity index (χ0n) is 14.7. The Labute approximate surface area is 140 Å². The lowest BCUT2D eigenvalue weighted by Gasteiger charge is -2.35. The first-order valence-corrected chi connectivity index (χ1v) is 12.5. The summed E-state index contributed by atoms with van der Waals surface area (Å²) in [5, 5.41) is 4.45. The summed E-state index contributed by atoms with van der Waals surface area (Å²) in [4.78, 5) is 0. The minimum atomic E-state index is -1.01. The number of nitrogens with zero attached hydrogens (tertiary/aromatic N) is 2. The highest BCUT2D eigenvalue weighted by Gasteiger charge is 2.40. The molecule has 0 amide bonds. The molecule has 2 heterocycles. The maximum absolute atomic E-state index is 5.80. The second-order valence-electron chi connectivity index (χ2n) is 8.04. The van der Waals surface area contributed by atoms with E-state index >= 15 is 0 Å². The molecule has 3 rings (SSSR count). The highest BCUT2D eigenvalue weighted by Crippen LogP contribution is 2.42. The monoisotopic (exact) mass is 338 g/mol. The van der Waals surface area contributed by atoms with Crippen molar-refractivity contribution in [3.05, 3.63) is 18.0 Å². The topological polar surface area (TPSA) is 45.5 Å². The van der Waals surface area contributed by atoms with Crippen LogP contribution < -0.4 is 0 Å². The van der Waals surface area contributed by atoms with Gasteiger partial charge in [0, 0.05) is 33.7 Å². The van der Waals surface area contributed by atoms with E-state index in [0.717, 1.165) is 45.5 Å². The smallest absolute Gasteiger partial charge is 0.168 e. The van der Waals surface area contributed by atoms with Gasteiger partial charge in [0.2, 0.25) is 0 Å². The molecule has 5 nitrogen and oxygen atoms in total. The maximum atomic E-state index is 5.80. The van der Waals surface area contributed by atoms with Crippen molar-refractivity contribution in [3.8, 4) is 0 Å². The second kappa shape index (κ2) is 7.05. The van der Waals surface area contributed by atoms with Gasteiger partial charge in [-0.25, -0.2) is 4.68 Å². The largest absolute Gasteiger partial charge is 0.360 e. The molecule has 0 bridgehead atoms. The molecule has 0 unspecified atom stereocenters. The molecule has 1 aliphatic heterocycles. The fourth-order valence-corrected chi connectivity index (χ4v) is 4.13. The lowest BCUT2D eigenvalue weighted by Crippen LogP contribution is -2.34. The lowest BCUT2D eigenvalue weighted by molar-refractivity contribution is -0.178. The van der Waals surface area contributed by atoms with E-state index in [1.54, 1.807) is 0 Å². The van der Waals surface area contributed by atoms with Gasteiger partial charge in [0.05, 0.1) is 19.4 Å². The standard InChI is InChI=1S/C17H30N2O3Si/c1-23(2,3)11-10-20-14-19-13-16(12-18-19)15-4-6-17(7-5-15)21-8-9-22-17/h12-13,15H,4-11,14H2,1-3H3. The van der Waals surface area contributed by atoms with Gasteiger partial charge in [0.15, 0.2) is 5.79 Å². The Morgan fingerprint density at radius 2 is 1.96 bits per heavy atom.